The second kappa shape index (κ2) is 5.81. The lowest BCUT2D eigenvalue weighted by Gasteiger charge is -2.24. The third kappa shape index (κ3) is 3.01. The molecule has 0 saturated heterocycles. The molecule has 1 fully saturated rings. The SMILES string of the molecule is CN(C(=O)Nc1ccc(O)c(C(=O)O)c1)C1CCCC1. The van der Waals surface area contributed by atoms with Crippen molar-refractivity contribution in [2.45, 2.75) is 31.7 Å². The summed E-state index contributed by atoms with van der Waals surface area (Å²) in [6.07, 6.45) is 4.26. The normalized spacial score (nSPS) is 15.1. The minimum atomic E-state index is -1.23. The Hall–Kier alpha value is -2.24. The Labute approximate surface area is 117 Å². The van der Waals surface area contributed by atoms with Crippen molar-refractivity contribution in [3.63, 3.8) is 0 Å². The van der Waals surface area contributed by atoms with Gasteiger partial charge in [-0.15, -0.1) is 0 Å². The topological polar surface area (TPSA) is 89.9 Å². The number of urea groups is 1. The fraction of sp³-hybridized carbons (Fsp3) is 0.429. The summed E-state index contributed by atoms with van der Waals surface area (Å²) in [5, 5.41) is 21.0. The molecule has 2 amide bonds. The molecule has 0 radical (unpaired) electrons. The van der Waals surface area contributed by atoms with Crippen molar-refractivity contribution in [3.8, 4) is 5.75 Å². The summed E-state index contributed by atoms with van der Waals surface area (Å²) in [4.78, 5) is 24.6. The highest BCUT2D eigenvalue weighted by Gasteiger charge is 2.23. The van der Waals surface area contributed by atoms with Crippen LogP contribution in [0.2, 0.25) is 0 Å². The van der Waals surface area contributed by atoms with Gasteiger partial charge in [0.05, 0.1) is 0 Å². The molecule has 0 unspecified atom stereocenters. The summed E-state index contributed by atoms with van der Waals surface area (Å²) in [5.74, 6) is -1.55. The molecule has 1 aromatic rings. The van der Waals surface area contributed by atoms with Crippen LogP contribution < -0.4 is 5.32 Å². The Morgan fingerprint density at radius 1 is 1.30 bits per heavy atom. The predicted molar refractivity (Wildman–Crippen MR) is 74.1 cm³/mol. The van der Waals surface area contributed by atoms with Crippen LogP contribution in [0.4, 0.5) is 10.5 Å². The Kier molecular flexibility index (Phi) is 4.12. The van der Waals surface area contributed by atoms with Crippen LogP contribution in [0.25, 0.3) is 0 Å². The van der Waals surface area contributed by atoms with Crippen molar-refractivity contribution in [2.75, 3.05) is 12.4 Å². The van der Waals surface area contributed by atoms with Gasteiger partial charge in [0, 0.05) is 18.8 Å². The number of carboxylic acid groups (broad SMARTS) is 1. The highest BCUT2D eigenvalue weighted by molar-refractivity contribution is 5.95. The van der Waals surface area contributed by atoms with Gasteiger partial charge >= 0.3 is 12.0 Å². The molecule has 6 nitrogen and oxygen atoms in total. The molecule has 1 aliphatic carbocycles. The van der Waals surface area contributed by atoms with Crippen LogP contribution in [-0.2, 0) is 0 Å². The molecule has 2 rings (SSSR count). The first-order valence-electron chi connectivity index (χ1n) is 6.59. The molecule has 1 aromatic carbocycles. The molecule has 20 heavy (non-hydrogen) atoms. The van der Waals surface area contributed by atoms with Crippen LogP contribution in [0, 0.1) is 0 Å². The monoisotopic (exact) mass is 278 g/mol. The van der Waals surface area contributed by atoms with E-state index in [0.717, 1.165) is 25.7 Å². The number of aromatic hydroxyl groups is 1. The molecule has 3 N–H and O–H groups in total. The Bertz CT molecular complexity index is 524. The van der Waals surface area contributed by atoms with Gasteiger partial charge in [-0.3, -0.25) is 0 Å². The first-order chi connectivity index (χ1) is 9.49. The first kappa shape index (κ1) is 14.2. The van der Waals surface area contributed by atoms with Crippen LogP contribution in [0.1, 0.15) is 36.0 Å². The number of amides is 2. The summed E-state index contributed by atoms with van der Waals surface area (Å²) < 4.78 is 0. The molecule has 0 heterocycles. The molecule has 0 atom stereocenters. The van der Waals surface area contributed by atoms with Crippen LogP contribution in [0.15, 0.2) is 18.2 Å². The fourth-order valence-corrected chi connectivity index (χ4v) is 2.45. The van der Waals surface area contributed by atoms with Crippen molar-refractivity contribution >= 4 is 17.7 Å². The number of carbonyl (C=O) groups is 2. The highest BCUT2D eigenvalue weighted by atomic mass is 16.4. The van der Waals surface area contributed by atoms with E-state index in [9.17, 15) is 14.7 Å². The number of hydrogen-bond acceptors (Lipinski definition) is 3. The minimum absolute atomic E-state index is 0.230. The van der Waals surface area contributed by atoms with Gasteiger partial charge in [0.2, 0.25) is 0 Å². The molecular weight excluding hydrogens is 260 g/mol. The number of carboxylic acids is 1. The zero-order valence-corrected chi connectivity index (χ0v) is 11.3. The average Bonchev–Trinajstić information content (AvgIpc) is 2.93. The maximum Gasteiger partial charge on any atom is 0.339 e. The van der Waals surface area contributed by atoms with E-state index >= 15 is 0 Å². The van der Waals surface area contributed by atoms with Crippen molar-refractivity contribution in [3.05, 3.63) is 23.8 Å². The smallest absolute Gasteiger partial charge is 0.339 e. The number of aromatic carboxylic acids is 1. The summed E-state index contributed by atoms with van der Waals surface area (Å²) in [6.45, 7) is 0. The number of nitrogens with zero attached hydrogens (tertiary/aromatic N) is 1. The molecular formula is C14H18N2O4. The number of hydrogen-bond donors (Lipinski definition) is 3. The average molecular weight is 278 g/mol. The van der Waals surface area contributed by atoms with Crippen molar-refractivity contribution in [1.29, 1.82) is 0 Å². The maximum atomic E-state index is 12.1. The van der Waals surface area contributed by atoms with Gasteiger partial charge in [-0.1, -0.05) is 12.8 Å². The zero-order chi connectivity index (χ0) is 14.7. The van der Waals surface area contributed by atoms with E-state index in [2.05, 4.69) is 5.32 Å². The van der Waals surface area contributed by atoms with E-state index in [1.165, 1.54) is 18.2 Å². The predicted octanol–water partition coefficient (Wildman–Crippen LogP) is 2.50. The van der Waals surface area contributed by atoms with Crippen LogP contribution in [0.3, 0.4) is 0 Å². The van der Waals surface area contributed by atoms with Crippen LogP contribution >= 0.6 is 0 Å². The number of rotatable bonds is 3. The molecule has 0 aromatic heterocycles. The quantitative estimate of drug-likeness (QED) is 0.741. The molecule has 0 aliphatic heterocycles. The summed E-state index contributed by atoms with van der Waals surface area (Å²) >= 11 is 0. The number of anilines is 1. The van der Waals surface area contributed by atoms with E-state index in [4.69, 9.17) is 5.11 Å². The number of phenols is 1. The van der Waals surface area contributed by atoms with Gasteiger partial charge in [0.1, 0.15) is 11.3 Å². The van der Waals surface area contributed by atoms with E-state index in [1.807, 2.05) is 0 Å². The molecule has 0 spiro atoms. The van der Waals surface area contributed by atoms with Crippen LogP contribution in [-0.4, -0.2) is 40.2 Å². The van der Waals surface area contributed by atoms with E-state index in [1.54, 1.807) is 11.9 Å². The summed E-state index contributed by atoms with van der Waals surface area (Å²) in [6, 6.07) is 3.96. The van der Waals surface area contributed by atoms with Crippen LogP contribution in [0.5, 0.6) is 5.75 Å². The van der Waals surface area contributed by atoms with Gasteiger partial charge in [-0.2, -0.15) is 0 Å². The third-order valence-electron chi connectivity index (χ3n) is 3.67. The lowest BCUT2D eigenvalue weighted by Crippen LogP contribution is -2.38. The van der Waals surface area contributed by atoms with Gasteiger partial charge in [0.15, 0.2) is 0 Å². The Morgan fingerprint density at radius 3 is 2.55 bits per heavy atom. The third-order valence-corrected chi connectivity index (χ3v) is 3.67. The Balaban J connectivity index is 2.07. The molecule has 0 bridgehead atoms. The van der Waals surface area contributed by atoms with Crippen molar-refractivity contribution < 1.29 is 19.8 Å². The summed E-state index contributed by atoms with van der Waals surface area (Å²) in [5.41, 5.74) is 0.126. The molecule has 108 valence electrons. The second-order valence-electron chi connectivity index (χ2n) is 5.02. The molecule has 1 aliphatic rings. The number of carbonyl (C=O) groups excluding carboxylic acids is 1. The van der Waals surface area contributed by atoms with E-state index < -0.39 is 5.97 Å². The standard InChI is InChI=1S/C14H18N2O4/c1-16(10-4-2-3-5-10)14(20)15-9-6-7-12(17)11(8-9)13(18)19/h6-8,10,17H,2-5H2,1H3,(H,15,20)(H,18,19). The first-order valence-corrected chi connectivity index (χ1v) is 6.59. The van der Waals surface area contributed by atoms with Gasteiger partial charge < -0.3 is 20.4 Å². The van der Waals surface area contributed by atoms with Gasteiger partial charge in [-0.25, -0.2) is 9.59 Å². The largest absolute Gasteiger partial charge is 0.507 e. The summed E-state index contributed by atoms with van der Waals surface area (Å²) in [7, 11) is 1.74. The lowest BCUT2D eigenvalue weighted by atomic mass is 10.2. The van der Waals surface area contributed by atoms with Gasteiger partial charge in [-0.05, 0) is 31.0 Å². The number of nitrogens with one attached hydrogen (secondary N) is 1. The zero-order valence-electron chi connectivity index (χ0n) is 11.3. The minimum Gasteiger partial charge on any atom is -0.507 e. The molecule has 1 saturated carbocycles. The fourth-order valence-electron chi connectivity index (χ4n) is 2.45. The van der Waals surface area contributed by atoms with Crippen molar-refractivity contribution in [1.82, 2.24) is 4.90 Å². The molecule has 6 heteroatoms. The highest BCUT2D eigenvalue weighted by Crippen LogP contribution is 2.24. The number of benzene rings is 1. The van der Waals surface area contributed by atoms with E-state index in [0.29, 0.717) is 5.69 Å². The van der Waals surface area contributed by atoms with Crippen molar-refractivity contribution in [2.24, 2.45) is 0 Å². The van der Waals surface area contributed by atoms with Gasteiger partial charge in [0.25, 0.3) is 0 Å². The Morgan fingerprint density at radius 2 is 1.95 bits per heavy atom. The second-order valence-corrected chi connectivity index (χ2v) is 5.02. The van der Waals surface area contributed by atoms with E-state index in [-0.39, 0.29) is 23.4 Å². The lowest BCUT2D eigenvalue weighted by molar-refractivity contribution is 0.0693. The maximum absolute atomic E-state index is 12.1.